The van der Waals surface area contributed by atoms with Crippen LogP contribution in [0.3, 0.4) is 0 Å². The molecule has 0 aliphatic carbocycles. The molecule has 2 aromatic heterocycles. The fourth-order valence-corrected chi connectivity index (χ4v) is 4.69. The third kappa shape index (κ3) is 3.15. The van der Waals surface area contributed by atoms with Gasteiger partial charge in [-0.1, -0.05) is 24.3 Å². The molecular formula is C25H27N5O. The second kappa shape index (κ2) is 7.39. The van der Waals surface area contributed by atoms with Crippen LogP contribution in [-0.2, 0) is 20.0 Å². The van der Waals surface area contributed by atoms with Gasteiger partial charge in [0.25, 0.3) is 5.91 Å². The molecule has 4 aromatic rings. The van der Waals surface area contributed by atoms with Crippen molar-refractivity contribution in [1.82, 2.24) is 19.0 Å². The van der Waals surface area contributed by atoms with E-state index in [1.165, 1.54) is 5.39 Å². The van der Waals surface area contributed by atoms with Crippen LogP contribution in [0.15, 0.2) is 55.1 Å². The number of imidazole rings is 1. The average molecular weight is 414 g/mol. The maximum Gasteiger partial charge on any atom is 0.254 e. The number of aryl methyl sites for hydroxylation is 1. The van der Waals surface area contributed by atoms with Crippen LogP contribution in [0.1, 0.15) is 22.8 Å². The summed E-state index contributed by atoms with van der Waals surface area (Å²) in [6, 6.07) is 14.5. The quantitative estimate of drug-likeness (QED) is 0.507. The molecule has 3 heterocycles. The van der Waals surface area contributed by atoms with Crippen molar-refractivity contribution in [3.8, 4) is 11.5 Å². The first-order chi connectivity index (χ1) is 15.0. The van der Waals surface area contributed by atoms with Gasteiger partial charge >= 0.3 is 0 Å². The fraction of sp³-hybridized carbons (Fsp3) is 0.280. The van der Waals surface area contributed by atoms with Gasteiger partial charge in [-0.05, 0) is 43.2 Å². The zero-order valence-electron chi connectivity index (χ0n) is 18.0. The highest BCUT2D eigenvalue weighted by atomic mass is 16.2. The topological polar surface area (TPSA) is 69.1 Å². The summed E-state index contributed by atoms with van der Waals surface area (Å²) in [6.45, 7) is 7.84. The molecule has 1 amide bonds. The summed E-state index contributed by atoms with van der Waals surface area (Å²) < 4.78 is 4.36. The van der Waals surface area contributed by atoms with Crippen LogP contribution < -0.4 is 5.73 Å². The van der Waals surface area contributed by atoms with Crippen molar-refractivity contribution in [2.75, 3.05) is 13.1 Å². The summed E-state index contributed by atoms with van der Waals surface area (Å²) in [7, 11) is 2.04. The van der Waals surface area contributed by atoms with Gasteiger partial charge < -0.3 is 19.8 Å². The van der Waals surface area contributed by atoms with Crippen molar-refractivity contribution in [3.63, 3.8) is 0 Å². The lowest BCUT2D eigenvalue weighted by molar-refractivity contribution is 0.0732. The molecule has 6 heteroatoms. The number of hydrogen-bond acceptors (Lipinski definition) is 3. The number of para-hydroxylation sites is 1. The van der Waals surface area contributed by atoms with Crippen molar-refractivity contribution in [3.05, 3.63) is 66.2 Å². The average Bonchev–Trinajstić information content (AvgIpc) is 3.27. The molecular weight excluding hydrogens is 386 g/mol. The molecule has 2 aromatic carbocycles. The number of nitrogens with zero attached hydrogens (tertiary/aromatic N) is 4. The normalized spacial score (nSPS) is 14.9. The van der Waals surface area contributed by atoms with E-state index in [-0.39, 0.29) is 11.9 Å². The predicted molar refractivity (Wildman–Crippen MR) is 125 cm³/mol. The van der Waals surface area contributed by atoms with Crippen molar-refractivity contribution in [2.24, 2.45) is 12.8 Å². The van der Waals surface area contributed by atoms with E-state index >= 15 is 0 Å². The number of rotatable bonds is 5. The van der Waals surface area contributed by atoms with Crippen LogP contribution in [0.25, 0.3) is 33.5 Å². The molecule has 5 rings (SSSR count). The molecule has 6 nitrogen and oxygen atoms in total. The van der Waals surface area contributed by atoms with Crippen molar-refractivity contribution < 1.29 is 4.79 Å². The molecule has 2 N–H and O–H groups in total. The van der Waals surface area contributed by atoms with Crippen molar-refractivity contribution >= 4 is 27.8 Å². The largest absolute Gasteiger partial charge is 0.337 e. The maximum atomic E-state index is 13.0. The number of nitrogens with two attached hydrogens (primary N) is 1. The standard InChI is InChI=1S/C25H27N5O/c1-4-10-30-21-8-6-5-7-18(21)13-23(30)24-27-20-14-19-17(12-22(20)28(24)3)9-11-29(25(19)31)15-16(2)26/h4-8,12-14,16H,1,9-11,15,26H2,2-3H3/t16-/m1/s1. The predicted octanol–water partition coefficient (Wildman–Crippen LogP) is 3.73. The molecule has 158 valence electrons. The Hall–Kier alpha value is -3.38. The summed E-state index contributed by atoms with van der Waals surface area (Å²) >= 11 is 0. The fourth-order valence-electron chi connectivity index (χ4n) is 4.69. The van der Waals surface area contributed by atoms with Gasteiger partial charge in [-0.3, -0.25) is 4.79 Å². The molecule has 0 spiro atoms. The summed E-state index contributed by atoms with van der Waals surface area (Å²) in [5.74, 6) is 0.934. The van der Waals surface area contributed by atoms with E-state index in [2.05, 4.69) is 40.0 Å². The van der Waals surface area contributed by atoms with Gasteiger partial charge in [-0.15, -0.1) is 6.58 Å². The second-order valence-electron chi connectivity index (χ2n) is 8.46. The van der Waals surface area contributed by atoms with Gasteiger partial charge in [-0.25, -0.2) is 4.98 Å². The van der Waals surface area contributed by atoms with Crippen LogP contribution in [0.4, 0.5) is 0 Å². The zero-order valence-corrected chi connectivity index (χ0v) is 18.0. The van der Waals surface area contributed by atoms with Gasteiger partial charge in [0.1, 0.15) is 0 Å². The highest BCUT2D eigenvalue weighted by molar-refractivity contribution is 6.00. The first-order valence-corrected chi connectivity index (χ1v) is 10.7. The summed E-state index contributed by atoms with van der Waals surface area (Å²) in [5.41, 5.74) is 11.8. The molecule has 1 aliphatic heterocycles. The molecule has 0 radical (unpaired) electrons. The van der Waals surface area contributed by atoms with Crippen LogP contribution in [-0.4, -0.2) is 44.1 Å². The number of fused-ring (bicyclic) bond motifs is 3. The van der Waals surface area contributed by atoms with Crippen LogP contribution in [0, 0.1) is 0 Å². The number of allylic oxidation sites excluding steroid dienone is 1. The monoisotopic (exact) mass is 413 g/mol. The number of aromatic nitrogens is 3. The maximum absolute atomic E-state index is 13.0. The Morgan fingerprint density at radius 3 is 2.81 bits per heavy atom. The number of benzene rings is 2. The SMILES string of the molecule is C=CCn1c(-c2nc3cc4c(cc3n2C)CCN(C[C@@H](C)N)C4=O)cc2ccccc21. The molecule has 0 bridgehead atoms. The van der Waals surface area contributed by atoms with E-state index in [0.29, 0.717) is 19.6 Å². The zero-order chi connectivity index (χ0) is 21.7. The van der Waals surface area contributed by atoms with Gasteiger partial charge in [0.05, 0.1) is 16.7 Å². The number of amides is 1. The minimum absolute atomic E-state index is 0.0394. The summed E-state index contributed by atoms with van der Waals surface area (Å²) in [4.78, 5) is 19.8. The van der Waals surface area contributed by atoms with Gasteiger partial charge in [0.2, 0.25) is 0 Å². The van der Waals surface area contributed by atoms with E-state index < -0.39 is 0 Å². The molecule has 0 fully saturated rings. The van der Waals surface area contributed by atoms with Gasteiger partial charge in [0, 0.05) is 49.2 Å². The van der Waals surface area contributed by atoms with E-state index in [9.17, 15) is 4.79 Å². The molecule has 1 aliphatic rings. The Morgan fingerprint density at radius 1 is 1.23 bits per heavy atom. The van der Waals surface area contributed by atoms with Crippen molar-refractivity contribution in [2.45, 2.75) is 25.9 Å². The van der Waals surface area contributed by atoms with Crippen LogP contribution in [0.2, 0.25) is 0 Å². The van der Waals surface area contributed by atoms with Gasteiger partial charge in [-0.2, -0.15) is 0 Å². The highest BCUT2D eigenvalue weighted by Crippen LogP contribution is 2.32. The molecule has 0 saturated carbocycles. The van der Waals surface area contributed by atoms with Gasteiger partial charge in [0.15, 0.2) is 5.82 Å². The third-order valence-corrected chi connectivity index (χ3v) is 6.13. The molecule has 1 atom stereocenters. The lowest BCUT2D eigenvalue weighted by Crippen LogP contribution is -2.43. The minimum Gasteiger partial charge on any atom is -0.337 e. The highest BCUT2D eigenvalue weighted by Gasteiger charge is 2.27. The van der Waals surface area contributed by atoms with E-state index in [0.717, 1.165) is 45.6 Å². The van der Waals surface area contributed by atoms with E-state index in [4.69, 9.17) is 10.7 Å². The lowest BCUT2D eigenvalue weighted by Gasteiger charge is -2.29. The molecule has 0 saturated heterocycles. The summed E-state index contributed by atoms with van der Waals surface area (Å²) in [5, 5.41) is 1.17. The first-order valence-electron chi connectivity index (χ1n) is 10.7. The Bertz CT molecular complexity index is 1330. The van der Waals surface area contributed by atoms with Crippen LogP contribution >= 0.6 is 0 Å². The number of hydrogen-bond donors (Lipinski definition) is 1. The van der Waals surface area contributed by atoms with E-state index in [1.807, 2.05) is 43.1 Å². The third-order valence-electron chi connectivity index (χ3n) is 6.13. The summed E-state index contributed by atoms with van der Waals surface area (Å²) in [6.07, 6.45) is 2.74. The molecule has 31 heavy (non-hydrogen) atoms. The molecule has 0 unspecified atom stereocenters. The lowest BCUT2D eigenvalue weighted by atomic mass is 9.97. The van der Waals surface area contributed by atoms with Crippen LogP contribution in [0.5, 0.6) is 0 Å². The van der Waals surface area contributed by atoms with Crippen molar-refractivity contribution in [1.29, 1.82) is 0 Å². The van der Waals surface area contributed by atoms with E-state index in [1.54, 1.807) is 0 Å². The Kier molecular flexibility index (Phi) is 4.67. The first kappa shape index (κ1) is 19.6. The number of carbonyl (C=O) groups is 1. The Morgan fingerprint density at radius 2 is 2.03 bits per heavy atom. The minimum atomic E-state index is -0.0394. The smallest absolute Gasteiger partial charge is 0.254 e. The Labute approximate surface area is 181 Å². The Balaban J connectivity index is 1.65. The second-order valence-corrected chi connectivity index (χ2v) is 8.46. The number of carbonyl (C=O) groups excluding carboxylic acids is 1.